The first-order valence-corrected chi connectivity index (χ1v) is 6.28. The number of aliphatic hydroxyl groups is 1. The van der Waals surface area contributed by atoms with Gasteiger partial charge in [-0.05, 0) is 36.8 Å². The normalized spacial score (nSPS) is 12.1. The Morgan fingerprint density at radius 1 is 1.00 bits per heavy atom. The van der Waals surface area contributed by atoms with Crippen molar-refractivity contribution in [2.75, 3.05) is 13.2 Å². The molecule has 2 aromatic carbocycles. The van der Waals surface area contributed by atoms with E-state index < -0.39 is 0 Å². The van der Waals surface area contributed by atoms with Gasteiger partial charge in [-0.15, -0.1) is 0 Å². The fourth-order valence-electron chi connectivity index (χ4n) is 1.83. The second-order valence-electron chi connectivity index (χ2n) is 4.60. The van der Waals surface area contributed by atoms with Crippen LogP contribution in [-0.4, -0.2) is 23.4 Å². The SMILES string of the molecule is Cc1ccc(C(CO)COc2ccc(O)cc2)cc1. The summed E-state index contributed by atoms with van der Waals surface area (Å²) < 4.78 is 5.63. The molecule has 0 saturated heterocycles. The summed E-state index contributed by atoms with van der Waals surface area (Å²) in [4.78, 5) is 0. The maximum atomic E-state index is 9.45. The lowest BCUT2D eigenvalue weighted by Crippen LogP contribution is -2.14. The molecule has 0 heterocycles. The van der Waals surface area contributed by atoms with Crippen molar-refractivity contribution in [3.63, 3.8) is 0 Å². The van der Waals surface area contributed by atoms with Gasteiger partial charge in [-0.3, -0.25) is 0 Å². The molecule has 0 radical (unpaired) electrons. The minimum atomic E-state index is -0.0468. The maximum absolute atomic E-state index is 9.45. The number of phenols is 1. The van der Waals surface area contributed by atoms with Crippen LogP contribution < -0.4 is 4.74 Å². The molecule has 0 aliphatic heterocycles. The van der Waals surface area contributed by atoms with Crippen LogP contribution in [0.15, 0.2) is 48.5 Å². The van der Waals surface area contributed by atoms with Crippen LogP contribution in [-0.2, 0) is 0 Å². The molecule has 0 fully saturated rings. The molecule has 0 amide bonds. The van der Waals surface area contributed by atoms with E-state index in [1.165, 1.54) is 5.56 Å². The molecule has 2 rings (SSSR count). The summed E-state index contributed by atoms with van der Waals surface area (Å²) in [6, 6.07) is 14.6. The molecule has 0 aliphatic carbocycles. The molecular weight excluding hydrogens is 240 g/mol. The van der Waals surface area contributed by atoms with Crippen molar-refractivity contribution in [2.45, 2.75) is 12.8 Å². The molecule has 0 saturated carbocycles. The molecule has 0 aromatic heterocycles. The second kappa shape index (κ2) is 6.25. The van der Waals surface area contributed by atoms with E-state index in [0.717, 1.165) is 5.56 Å². The highest BCUT2D eigenvalue weighted by Crippen LogP contribution is 2.20. The number of hydrogen-bond acceptors (Lipinski definition) is 3. The van der Waals surface area contributed by atoms with Gasteiger partial charge in [0, 0.05) is 5.92 Å². The van der Waals surface area contributed by atoms with Crippen molar-refractivity contribution in [2.24, 2.45) is 0 Å². The van der Waals surface area contributed by atoms with Crippen LogP contribution in [0.25, 0.3) is 0 Å². The molecule has 0 spiro atoms. The topological polar surface area (TPSA) is 49.7 Å². The van der Waals surface area contributed by atoms with Gasteiger partial charge in [-0.2, -0.15) is 0 Å². The Labute approximate surface area is 113 Å². The molecule has 2 N–H and O–H groups in total. The molecule has 3 heteroatoms. The fourth-order valence-corrected chi connectivity index (χ4v) is 1.83. The number of ether oxygens (including phenoxy) is 1. The Bertz CT molecular complexity index is 503. The monoisotopic (exact) mass is 258 g/mol. The summed E-state index contributed by atoms with van der Waals surface area (Å²) in [6.07, 6.45) is 0. The largest absolute Gasteiger partial charge is 0.508 e. The first-order chi connectivity index (χ1) is 9.19. The smallest absolute Gasteiger partial charge is 0.119 e. The minimum absolute atomic E-state index is 0.0428. The summed E-state index contributed by atoms with van der Waals surface area (Å²) in [5, 5.41) is 18.6. The summed E-state index contributed by atoms with van der Waals surface area (Å²) in [6.45, 7) is 2.48. The highest BCUT2D eigenvalue weighted by molar-refractivity contribution is 5.30. The van der Waals surface area contributed by atoms with Crippen LogP contribution in [0.2, 0.25) is 0 Å². The molecule has 0 aliphatic rings. The lowest BCUT2D eigenvalue weighted by molar-refractivity contribution is 0.205. The molecule has 19 heavy (non-hydrogen) atoms. The van der Waals surface area contributed by atoms with Gasteiger partial charge in [0.05, 0.1) is 13.2 Å². The highest BCUT2D eigenvalue weighted by atomic mass is 16.5. The van der Waals surface area contributed by atoms with Gasteiger partial charge in [0.25, 0.3) is 0 Å². The minimum Gasteiger partial charge on any atom is -0.508 e. The summed E-state index contributed by atoms with van der Waals surface area (Å²) in [7, 11) is 0. The summed E-state index contributed by atoms with van der Waals surface area (Å²) in [5.74, 6) is 0.849. The highest BCUT2D eigenvalue weighted by Gasteiger charge is 2.11. The number of phenolic OH excluding ortho intramolecular Hbond substituents is 1. The third kappa shape index (κ3) is 3.73. The number of hydrogen-bond donors (Lipinski definition) is 2. The molecule has 1 atom stereocenters. The van der Waals surface area contributed by atoms with Crippen molar-refractivity contribution in [3.05, 3.63) is 59.7 Å². The standard InChI is InChI=1S/C16H18O3/c1-12-2-4-13(5-3-12)14(10-17)11-19-16-8-6-15(18)7-9-16/h2-9,14,17-18H,10-11H2,1H3. The zero-order valence-electron chi connectivity index (χ0n) is 10.9. The molecule has 0 bridgehead atoms. The number of aliphatic hydroxyl groups excluding tert-OH is 1. The Hall–Kier alpha value is -2.00. The third-order valence-electron chi connectivity index (χ3n) is 3.06. The van der Waals surface area contributed by atoms with E-state index in [-0.39, 0.29) is 18.3 Å². The lowest BCUT2D eigenvalue weighted by Gasteiger charge is -2.16. The first kappa shape index (κ1) is 13.4. The predicted octanol–water partition coefficient (Wildman–Crippen LogP) is 2.86. The fraction of sp³-hybridized carbons (Fsp3) is 0.250. The van der Waals surface area contributed by atoms with Gasteiger partial charge >= 0.3 is 0 Å². The first-order valence-electron chi connectivity index (χ1n) is 6.28. The Kier molecular flexibility index (Phi) is 4.42. The third-order valence-corrected chi connectivity index (χ3v) is 3.06. The quantitative estimate of drug-likeness (QED) is 0.867. The van der Waals surface area contributed by atoms with Gasteiger partial charge in [-0.1, -0.05) is 29.8 Å². The number of aromatic hydroxyl groups is 1. The van der Waals surface area contributed by atoms with E-state index in [9.17, 15) is 10.2 Å². The summed E-state index contributed by atoms with van der Waals surface area (Å²) in [5.41, 5.74) is 2.26. The van der Waals surface area contributed by atoms with E-state index >= 15 is 0 Å². The van der Waals surface area contributed by atoms with Crippen molar-refractivity contribution in [1.82, 2.24) is 0 Å². The average Bonchev–Trinajstić information content (AvgIpc) is 2.43. The van der Waals surface area contributed by atoms with Crippen LogP contribution in [0.5, 0.6) is 11.5 Å². The maximum Gasteiger partial charge on any atom is 0.119 e. The van der Waals surface area contributed by atoms with Crippen LogP contribution in [0.4, 0.5) is 0 Å². The van der Waals surface area contributed by atoms with Crippen molar-refractivity contribution in [3.8, 4) is 11.5 Å². The lowest BCUT2D eigenvalue weighted by atomic mass is 10.00. The second-order valence-corrected chi connectivity index (χ2v) is 4.60. The van der Waals surface area contributed by atoms with Gasteiger partial charge in [0.2, 0.25) is 0 Å². The number of rotatable bonds is 5. The van der Waals surface area contributed by atoms with E-state index in [0.29, 0.717) is 12.4 Å². The average molecular weight is 258 g/mol. The van der Waals surface area contributed by atoms with Gasteiger partial charge in [-0.25, -0.2) is 0 Å². The Morgan fingerprint density at radius 3 is 2.21 bits per heavy atom. The van der Waals surface area contributed by atoms with Gasteiger partial charge in [0.15, 0.2) is 0 Å². The van der Waals surface area contributed by atoms with Crippen LogP contribution in [0, 0.1) is 6.92 Å². The van der Waals surface area contributed by atoms with E-state index in [1.54, 1.807) is 24.3 Å². The van der Waals surface area contributed by atoms with E-state index in [2.05, 4.69) is 0 Å². The summed E-state index contributed by atoms with van der Waals surface area (Å²) >= 11 is 0. The van der Waals surface area contributed by atoms with E-state index in [1.807, 2.05) is 31.2 Å². The van der Waals surface area contributed by atoms with Gasteiger partial charge < -0.3 is 14.9 Å². The molecular formula is C16H18O3. The molecule has 1 unspecified atom stereocenters. The van der Waals surface area contributed by atoms with Gasteiger partial charge in [0.1, 0.15) is 11.5 Å². The number of benzene rings is 2. The van der Waals surface area contributed by atoms with Crippen molar-refractivity contribution in [1.29, 1.82) is 0 Å². The number of aryl methyl sites for hydroxylation is 1. The Morgan fingerprint density at radius 2 is 1.63 bits per heavy atom. The zero-order chi connectivity index (χ0) is 13.7. The van der Waals surface area contributed by atoms with E-state index in [4.69, 9.17) is 4.74 Å². The molecule has 100 valence electrons. The zero-order valence-corrected chi connectivity index (χ0v) is 10.9. The predicted molar refractivity (Wildman–Crippen MR) is 74.6 cm³/mol. The van der Waals surface area contributed by atoms with Crippen LogP contribution >= 0.6 is 0 Å². The Balaban J connectivity index is 1.99. The molecule has 2 aromatic rings. The van der Waals surface area contributed by atoms with Crippen molar-refractivity contribution >= 4 is 0 Å². The van der Waals surface area contributed by atoms with Crippen LogP contribution in [0.3, 0.4) is 0 Å². The molecule has 3 nitrogen and oxygen atoms in total. The van der Waals surface area contributed by atoms with Crippen LogP contribution in [0.1, 0.15) is 17.0 Å². The van der Waals surface area contributed by atoms with Crippen molar-refractivity contribution < 1.29 is 14.9 Å².